The molecule has 0 bridgehead atoms. The number of urea groups is 1. The normalized spacial score (nSPS) is 18.9. The monoisotopic (exact) mass is 383 g/mol. The van der Waals surface area contributed by atoms with Gasteiger partial charge in [-0.3, -0.25) is 19.3 Å². The second-order valence-electron chi connectivity index (χ2n) is 6.74. The van der Waals surface area contributed by atoms with Gasteiger partial charge in [-0.2, -0.15) is 0 Å². The summed E-state index contributed by atoms with van der Waals surface area (Å²) in [6, 6.07) is 12.4. The zero-order valence-electron chi connectivity index (χ0n) is 15.7. The first kappa shape index (κ1) is 19.3. The number of rotatable bonds is 6. The Kier molecular flexibility index (Phi) is 5.30. The van der Waals surface area contributed by atoms with Crippen molar-refractivity contribution in [2.75, 3.05) is 18.5 Å². The molecule has 1 heterocycles. The van der Waals surface area contributed by atoms with Crippen LogP contribution in [0.1, 0.15) is 20.3 Å². The highest BCUT2D eigenvalue weighted by Gasteiger charge is 2.47. The number of amides is 4. The molecule has 3 rings (SSSR count). The van der Waals surface area contributed by atoms with E-state index in [1.54, 1.807) is 19.9 Å². The minimum absolute atomic E-state index is 0.399. The summed E-state index contributed by atoms with van der Waals surface area (Å²) >= 11 is 0. The van der Waals surface area contributed by atoms with E-state index in [2.05, 4.69) is 10.6 Å². The topological polar surface area (TPSA) is 105 Å². The standard InChI is InChI=1S/C20H21N3O5/c1-3-20(2)18(26)23(19(27)22-20)11-17(25)28-12-16(24)21-15-10-6-8-13-7-4-5-9-14(13)15/h4-10H,3,11-12H2,1-2H3,(H,21,24)(H,22,27)/t20-/m1/s1. The summed E-state index contributed by atoms with van der Waals surface area (Å²) in [6.07, 6.45) is 0.399. The van der Waals surface area contributed by atoms with Crippen LogP contribution in [-0.4, -0.2) is 47.4 Å². The van der Waals surface area contributed by atoms with Crippen molar-refractivity contribution in [3.8, 4) is 0 Å². The number of hydrogen-bond acceptors (Lipinski definition) is 5. The molecule has 1 aliphatic heterocycles. The Bertz CT molecular complexity index is 953. The third kappa shape index (κ3) is 3.80. The fraction of sp³-hybridized carbons (Fsp3) is 0.300. The Morgan fingerprint density at radius 1 is 1.14 bits per heavy atom. The lowest BCUT2D eigenvalue weighted by molar-refractivity contribution is -0.150. The smallest absolute Gasteiger partial charge is 0.326 e. The van der Waals surface area contributed by atoms with Gasteiger partial charge in [0.25, 0.3) is 11.8 Å². The minimum Gasteiger partial charge on any atom is -0.454 e. The molecule has 146 valence electrons. The van der Waals surface area contributed by atoms with Gasteiger partial charge < -0.3 is 15.4 Å². The Morgan fingerprint density at radius 2 is 1.86 bits per heavy atom. The number of hydrogen-bond donors (Lipinski definition) is 2. The summed E-state index contributed by atoms with van der Waals surface area (Å²) < 4.78 is 4.92. The first-order valence-electron chi connectivity index (χ1n) is 8.91. The van der Waals surface area contributed by atoms with Crippen LogP contribution in [0.5, 0.6) is 0 Å². The summed E-state index contributed by atoms with van der Waals surface area (Å²) in [5, 5.41) is 7.08. The number of nitrogens with zero attached hydrogens (tertiary/aromatic N) is 1. The number of nitrogens with one attached hydrogen (secondary N) is 2. The first-order chi connectivity index (χ1) is 13.3. The summed E-state index contributed by atoms with van der Waals surface area (Å²) in [7, 11) is 0. The van der Waals surface area contributed by atoms with Crippen LogP contribution in [0, 0.1) is 0 Å². The molecular weight excluding hydrogens is 362 g/mol. The van der Waals surface area contributed by atoms with Gasteiger partial charge in [-0.05, 0) is 24.8 Å². The number of carbonyl (C=O) groups is 4. The molecule has 1 saturated heterocycles. The van der Waals surface area contributed by atoms with E-state index in [0.29, 0.717) is 12.1 Å². The largest absolute Gasteiger partial charge is 0.454 e. The molecule has 1 aliphatic rings. The van der Waals surface area contributed by atoms with Crippen LogP contribution in [0.15, 0.2) is 42.5 Å². The van der Waals surface area contributed by atoms with Crippen molar-refractivity contribution >= 4 is 40.3 Å². The predicted octanol–water partition coefficient (Wildman–Crippen LogP) is 2.04. The highest BCUT2D eigenvalue weighted by Crippen LogP contribution is 2.23. The minimum atomic E-state index is -1.02. The molecule has 1 atom stereocenters. The predicted molar refractivity (Wildman–Crippen MR) is 102 cm³/mol. The number of carbonyl (C=O) groups excluding carboxylic acids is 4. The lowest BCUT2D eigenvalue weighted by Crippen LogP contribution is -2.43. The van der Waals surface area contributed by atoms with E-state index in [0.717, 1.165) is 15.7 Å². The van der Waals surface area contributed by atoms with Crippen LogP contribution >= 0.6 is 0 Å². The van der Waals surface area contributed by atoms with Crippen molar-refractivity contribution in [1.29, 1.82) is 0 Å². The van der Waals surface area contributed by atoms with Crippen LogP contribution in [-0.2, 0) is 19.1 Å². The van der Waals surface area contributed by atoms with E-state index in [9.17, 15) is 19.2 Å². The fourth-order valence-corrected chi connectivity index (χ4v) is 2.97. The van der Waals surface area contributed by atoms with Crippen molar-refractivity contribution < 1.29 is 23.9 Å². The van der Waals surface area contributed by atoms with Crippen LogP contribution in [0.2, 0.25) is 0 Å². The molecule has 0 aromatic heterocycles. The van der Waals surface area contributed by atoms with Gasteiger partial charge in [0.05, 0.1) is 0 Å². The molecule has 0 saturated carbocycles. The molecule has 0 unspecified atom stereocenters. The Hall–Kier alpha value is -3.42. The van der Waals surface area contributed by atoms with E-state index in [1.165, 1.54) is 0 Å². The summed E-state index contributed by atoms with van der Waals surface area (Å²) in [5.74, 6) is -1.84. The van der Waals surface area contributed by atoms with Crippen LogP contribution in [0.25, 0.3) is 10.8 Å². The van der Waals surface area contributed by atoms with Gasteiger partial charge in [0.2, 0.25) is 0 Å². The van der Waals surface area contributed by atoms with E-state index in [4.69, 9.17) is 4.74 Å². The summed E-state index contributed by atoms with van der Waals surface area (Å²) in [4.78, 5) is 49.1. The quantitative estimate of drug-likeness (QED) is 0.587. The Labute approximate surface area is 161 Å². The van der Waals surface area contributed by atoms with Gasteiger partial charge in [-0.1, -0.05) is 43.3 Å². The van der Waals surface area contributed by atoms with Gasteiger partial charge in [0.1, 0.15) is 12.1 Å². The highest BCUT2D eigenvalue weighted by molar-refractivity contribution is 6.08. The van der Waals surface area contributed by atoms with Gasteiger partial charge >= 0.3 is 12.0 Å². The molecule has 2 N–H and O–H groups in total. The molecule has 2 aromatic carbocycles. The van der Waals surface area contributed by atoms with Crippen molar-refractivity contribution in [1.82, 2.24) is 10.2 Å². The average molecular weight is 383 g/mol. The molecule has 28 heavy (non-hydrogen) atoms. The number of fused-ring (bicyclic) bond motifs is 1. The molecule has 8 heteroatoms. The van der Waals surface area contributed by atoms with Gasteiger partial charge in [-0.15, -0.1) is 0 Å². The van der Waals surface area contributed by atoms with E-state index < -0.39 is 42.5 Å². The molecule has 0 aliphatic carbocycles. The maximum Gasteiger partial charge on any atom is 0.326 e. The van der Waals surface area contributed by atoms with E-state index >= 15 is 0 Å². The molecule has 0 spiro atoms. The lowest BCUT2D eigenvalue weighted by atomic mass is 9.99. The first-order valence-corrected chi connectivity index (χ1v) is 8.91. The molecule has 2 aromatic rings. The molecule has 8 nitrogen and oxygen atoms in total. The number of ether oxygens (including phenoxy) is 1. The number of anilines is 1. The maximum atomic E-state index is 12.3. The van der Waals surface area contributed by atoms with Crippen LogP contribution in [0.4, 0.5) is 10.5 Å². The summed E-state index contributed by atoms with van der Waals surface area (Å²) in [6.45, 7) is 2.30. The average Bonchev–Trinajstić information content (AvgIpc) is 2.90. The maximum absolute atomic E-state index is 12.3. The Balaban J connectivity index is 1.55. The molecule has 1 fully saturated rings. The number of esters is 1. The SMILES string of the molecule is CC[C@@]1(C)NC(=O)N(CC(=O)OCC(=O)Nc2cccc3ccccc23)C1=O. The third-order valence-corrected chi connectivity index (χ3v) is 4.77. The van der Waals surface area contributed by atoms with Gasteiger partial charge in [0, 0.05) is 11.1 Å². The second-order valence-corrected chi connectivity index (χ2v) is 6.74. The zero-order valence-corrected chi connectivity index (χ0v) is 15.7. The van der Waals surface area contributed by atoms with Crippen LogP contribution in [0.3, 0.4) is 0 Å². The zero-order chi connectivity index (χ0) is 20.3. The van der Waals surface area contributed by atoms with Crippen LogP contribution < -0.4 is 10.6 Å². The van der Waals surface area contributed by atoms with Gasteiger partial charge in [-0.25, -0.2) is 4.79 Å². The van der Waals surface area contributed by atoms with Crippen molar-refractivity contribution in [2.45, 2.75) is 25.8 Å². The lowest BCUT2D eigenvalue weighted by Gasteiger charge is -2.18. The van der Waals surface area contributed by atoms with Crippen molar-refractivity contribution in [2.24, 2.45) is 0 Å². The molecular formula is C20H21N3O5. The Morgan fingerprint density at radius 3 is 2.57 bits per heavy atom. The number of benzene rings is 2. The molecule has 0 radical (unpaired) electrons. The fourth-order valence-electron chi connectivity index (χ4n) is 2.97. The van der Waals surface area contributed by atoms with Gasteiger partial charge in [0.15, 0.2) is 6.61 Å². The van der Waals surface area contributed by atoms with Crippen molar-refractivity contribution in [3.05, 3.63) is 42.5 Å². The van der Waals surface area contributed by atoms with E-state index in [-0.39, 0.29) is 0 Å². The highest BCUT2D eigenvalue weighted by atomic mass is 16.5. The van der Waals surface area contributed by atoms with Crippen molar-refractivity contribution in [3.63, 3.8) is 0 Å². The summed E-state index contributed by atoms with van der Waals surface area (Å²) in [5.41, 5.74) is -0.421. The van der Waals surface area contributed by atoms with E-state index in [1.807, 2.05) is 36.4 Å². The molecule has 4 amide bonds. The number of imide groups is 1. The third-order valence-electron chi connectivity index (χ3n) is 4.77. The second kappa shape index (κ2) is 7.67.